The molecule has 0 aromatic carbocycles. The van der Waals surface area contributed by atoms with E-state index in [-0.39, 0.29) is 11.8 Å². The first-order chi connectivity index (χ1) is 11.7. The first kappa shape index (κ1) is 15.5. The summed E-state index contributed by atoms with van der Waals surface area (Å²) in [4.78, 5) is 15.3. The SMILES string of the molecule is Cc1csc(C(=O)N2CCC(c3nnc(-c4ccsc4)o3)CC2)c1. The zero-order valence-electron chi connectivity index (χ0n) is 13.3. The van der Waals surface area contributed by atoms with Gasteiger partial charge in [-0.2, -0.15) is 11.3 Å². The smallest absolute Gasteiger partial charge is 0.263 e. The summed E-state index contributed by atoms with van der Waals surface area (Å²) >= 11 is 3.13. The first-order valence-corrected chi connectivity index (χ1v) is 9.73. The van der Waals surface area contributed by atoms with Crippen molar-refractivity contribution in [2.75, 3.05) is 13.1 Å². The average Bonchev–Trinajstić information content (AvgIpc) is 3.35. The minimum atomic E-state index is 0.135. The van der Waals surface area contributed by atoms with Crippen LogP contribution in [0.3, 0.4) is 0 Å². The topological polar surface area (TPSA) is 59.2 Å². The summed E-state index contributed by atoms with van der Waals surface area (Å²) in [5.41, 5.74) is 2.12. The molecule has 1 amide bonds. The van der Waals surface area contributed by atoms with Crippen LogP contribution in [0.2, 0.25) is 0 Å². The average molecular weight is 359 g/mol. The monoisotopic (exact) mass is 359 g/mol. The maximum Gasteiger partial charge on any atom is 0.263 e. The van der Waals surface area contributed by atoms with E-state index in [1.165, 1.54) is 11.3 Å². The molecule has 0 unspecified atom stereocenters. The summed E-state index contributed by atoms with van der Waals surface area (Å²) in [7, 11) is 0. The van der Waals surface area contributed by atoms with Gasteiger partial charge in [0, 0.05) is 30.0 Å². The van der Waals surface area contributed by atoms with Gasteiger partial charge in [0.25, 0.3) is 5.91 Å². The summed E-state index contributed by atoms with van der Waals surface area (Å²) in [5.74, 6) is 1.64. The zero-order valence-corrected chi connectivity index (χ0v) is 14.9. The Morgan fingerprint density at radius 1 is 1.29 bits per heavy atom. The van der Waals surface area contributed by atoms with Gasteiger partial charge in [0.05, 0.1) is 4.88 Å². The molecule has 1 aliphatic rings. The maximum atomic E-state index is 12.5. The molecule has 24 heavy (non-hydrogen) atoms. The number of carbonyl (C=O) groups excluding carboxylic acids is 1. The summed E-state index contributed by atoms with van der Waals surface area (Å²) in [6, 6.07) is 3.94. The predicted molar refractivity (Wildman–Crippen MR) is 94.5 cm³/mol. The molecular formula is C17H17N3O2S2. The number of hydrogen-bond donors (Lipinski definition) is 0. The molecule has 0 saturated carbocycles. The van der Waals surface area contributed by atoms with Crippen LogP contribution in [-0.2, 0) is 0 Å². The van der Waals surface area contributed by atoms with Crippen LogP contribution in [0.1, 0.15) is 39.9 Å². The van der Waals surface area contributed by atoms with Crippen LogP contribution in [0, 0.1) is 6.92 Å². The lowest BCUT2D eigenvalue weighted by Gasteiger charge is -2.30. The van der Waals surface area contributed by atoms with Crippen molar-refractivity contribution in [1.29, 1.82) is 0 Å². The highest BCUT2D eigenvalue weighted by Crippen LogP contribution is 2.30. The molecule has 0 radical (unpaired) electrons. The Labute approximate surface area is 147 Å². The van der Waals surface area contributed by atoms with Crippen LogP contribution in [0.5, 0.6) is 0 Å². The molecule has 5 nitrogen and oxygen atoms in total. The molecule has 4 rings (SSSR count). The lowest BCUT2D eigenvalue weighted by molar-refractivity contribution is 0.0711. The molecule has 1 aliphatic heterocycles. The molecule has 1 fully saturated rings. The van der Waals surface area contributed by atoms with Gasteiger partial charge in [0.15, 0.2) is 0 Å². The summed E-state index contributed by atoms with van der Waals surface area (Å²) in [6.45, 7) is 3.48. The van der Waals surface area contributed by atoms with Gasteiger partial charge < -0.3 is 9.32 Å². The van der Waals surface area contributed by atoms with Crippen molar-refractivity contribution in [2.45, 2.75) is 25.7 Å². The summed E-state index contributed by atoms with van der Waals surface area (Å²) in [6.07, 6.45) is 1.72. The van der Waals surface area contributed by atoms with Gasteiger partial charge in [-0.3, -0.25) is 4.79 Å². The number of likely N-dealkylation sites (tertiary alicyclic amines) is 1. The highest BCUT2D eigenvalue weighted by atomic mass is 32.1. The van der Waals surface area contributed by atoms with Gasteiger partial charge in [-0.1, -0.05) is 0 Å². The van der Waals surface area contributed by atoms with E-state index in [0.29, 0.717) is 11.8 Å². The minimum Gasteiger partial charge on any atom is -0.420 e. The zero-order chi connectivity index (χ0) is 16.5. The van der Waals surface area contributed by atoms with Crippen LogP contribution in [0.4, 0.5) is 0 Å². The Bertz CT molecular complexity index is 830. The van der Waals surface area contributed by atoms with Crippen molar-refractivity contribution < 1.29 is 9.21 Å². The first-order valence-electron chi connectivity index (χ1n) is 7.91. The van der Waals surface area contributed by atoms with Crippen molar-refractivity contribution in [3.8, 4) is 11.5 Å². The molecule has 3 aromatic heterocycles. The van der Waals surface area contributed by atoms with Gasteiger partial charge in [0.1, 0.15) is 0 Å². The van der Waals surface area contributed by atoms with Crippen molar-refractivity contribution >= 4 is 28.6 Å². The van der Waals surface area contributed by atoms with E-state index in [9.17, 15) is 4.79 Å². The largest absolute Gasteiger partial charge is 0.420 e. The van der Waals surface area contributed by atoms with E-state index in [1.807, 2.05) is 40.1 Å². The number of nitrogens with zero attached hydrogens (tertiary/aromatic N) is 3. The molecule has 0 atom stereocenters. The molecule has 124 valence electrons. The van der Waals surface area contributed by atoms with E-state index < -0.39 is 0 Å². The molecule has 0 aliphatic carbocycles. The fourth-order valence-electron chi connectivity index (χ4n) is 2.93. The predicted octanol–water partition coefficient (Wildman–Crippen LogP) is 4.19. The Balaban J connectivity index is 1.40. The summed E-state index contributed by atoms with van der Waals surface area (Å²) in [5, 5.41) is 14.4. The molecule has 0 bridgehead atoms. The number of amides is 1. The molecule has 0 spiro atoms. The van der Waals surface area contributed by atoms with Crippen molar-refractivity contribution in [3.63, 3.8) is 0 Å². The fourth-order valence-corrected chi connectivity index (χ4v) is 4.43. The van der Waals surface area contributed by atoms with E-state index in [2.05, 4.69) is 10.2 Å². The number of aromatic nitrogens is 2. The highest BCUT2D eigenvalue weighted by molar-refractivity contribution is 7.12. The van der Waals surface area contributed by atoms with Crippen LogP contribution >= 0.6 is 22.7 Å². The second-order valence-electron chi connectivity index (χ2n) is 6.01. The van der Waals surface area contributed by atoms with Gasteiger partial charge in [-0.15, -0.1) is 21.5 Å². The van der Waals surface area contributed by atoms with E-state index in [4.69, 9.17) is 4.42 Å². The number of thiophene rings is 2. The quantitative estimate of drug-likeness (QED) is 0.704. The van der Waals surface area contributed by atoms with Crippen LogP contribution < -0.4 is 0 Å². The molecule has 4 heterocycles. The lowest BCUT2D eigenvalue weighted by atomic mass is 9.97. The van der Waals surface area contributed by atoms with Crippen molar-refractivity contribution in [3.05, 3.63) is 44.6 Å². The molecule has 0 N–H and O–H groups in total. The molecule has 3 aromatic rings. The third-order valence-corrected chi connectivity index (χ3v) is 6.00. The third-order valence-electron chi connectivity index (χ3n) is 4.28. The number of hydrogen-bond acceptors (Lipinski definition) is 6. The number of carbonyl (C=O) groups is 1. The Morgan fingerprint density at radius 3 is 2.79 bits per heavy atom. The second kappa shape index (κ2) is 6.49. The number of aryl methyl sites for hydroxylation is 1. The van der Waals surface area contributed by atoms with Gasteiger partial charge >= 0.3 is 0 Å². The molecule has 1 saturated heterocycles. The maximum absolute atomic E-state index is 12.5. The van der Waals surface area contributed by atoms with E-state index in [1.54, 1.807) is 11.3 Å². The Hall–Kier alpha value is -1.99. The van der Waals surface area contributed by atoms with Gasteiger partial charge in [-0.05, 0) is 48.2 Å². The lowest BCUT2D eigenvalue weighted by Crippen LogP contribution is -2.37. The molecular weight excluding hydrogens is 342 g/mol. The van der Waals surface area contributed by atoms with Gasteiger partial charge in [-0.25, -0.2) is 0 Å². The third kappa shape index (κ3) is 3.01. The van der Waals surface area contributed by atoms with E-state index >= 15 is 0 Å². The number of piperidine rings is 1. The Morgan fingerprint density at radius 2 is 2.12 bits per heavy atom. The van der Waals surface area contributed by atoms with Crippen molar-refractivity contribution in [1.82, 2.24) is 15.1 Å². The molecule has 7 heteroatoms. The normalized spacial score (nSPS) is 15.8. The highest BCUT2D eigenvalue weighted by Gasteiger charge is 2.28. The van der Waals surface area contributed by atoms with Crippen LogP contribution in [0.25, 0.3) is 11.5 Å². The second-order valence-corrected chi connectivity index (χ2v) is 7.70. The van der Waals surface area contributed by atoms with Crippen molar-refractivity contribution in [2.24, 2.45) is 0 Å². The minimum absolute atomic E-state index is 0.135. The fraction of sp³-hybridized carbons (Fsp3) is 0.353. The number of rotatable bonds is 3. The Kier molecular flexibility index (Phi) is 4.20. The standard InChI is InChI=1S/C17H17N3O2S2/c1-11-8-14(24-9-11)17(21)20-5-2-12(3-6-20)15-18-19-16(22-15)13-4-7-23-10-13/h4,7-10,12H,2-3,5-6H2,1H3. The van der Waals surface area contributed by atoms with E-state index in [0.717, 1.165) is 41.9 Å². The van der Waals surface area contributed by atoms with Gasteiger partial charge in [0.2, 0.25) is 11.8 Å². The van der Waals surface area contributed by atoms with Crippen LogP contribution in [-0.4, -0.2) is 34.1 Å². The summed E-state index contributed by atoms with van der Waals surface area (Å²) < 4.78 is 5.83. The van der Waals surface area contributed by atoms with Crippen LogP contribution in [0.15, 0.2) is 32.7 Å².